The summed E-state index contributed by atoms with van der Waals surface area (Å²) in [6.45, 7) is 0. The quantitative estimate of drug-likeness (QED) is 0.391. The molecule has 2 heterocycles. The van der Waals surface area contributed by atoms with Crippen molar-refractivity contribution in [2.24, 2.45) is 0 Å². The van der Waals surface area contributed by atoms with Gasteiger partial charge in [0, 0.05) is 12.3 Å². The first kappa shape index (κ1) is 20.2. The van der Waals surface area contributed by atoms with Gasteiger partial charge >= 0.3 is 0 Å². The number of Topliss-reactive ketones (excluding diaryl/α,β-unsaturated/α-hetero) is 1. The fourth-order valence-electron chi connectivity index (χ4n) is 3.56. The molecular weight excluding hydrogens is 406 g/mol. The number of carbonyl (C=O) groups excluding carboxylic acids is 2. The number of methoxy groups -OCH3 is 1. The zero-order valence-electron chi connectivity index (χ0n) is 16.3. The number of aromatic nitrogens is 1. The predicted molar refractivity (Wildman–Crippen MR) is 108 cm³/mol. The van der Waals surface area contributed by atoms with Crippen LogP contribution in [0.3, 0.4) is 0 Å². The maximum absolute atomic E-state index is 14.6. The summed E-state index contributed by atoms with van der Waals surface area (Å²) >= 11 is 0. The maximum atomic E-state index is 14.6. The van der Waals surface area contributed by atoms with Crippen LogP contribution in [0.25, 0.3) is 5.76 Å². The summed E-state index contributed by atoms with van der Waals surface area (Å²) in [7, 11) is 1.40. The number of nitrogens with zero attached hydrogens (tertiary/aromatic N) is 2. The number of amides is 1. The number of pyridine rings is 1. The van der Waals surface area contributed by atoms with E-state index in [-0.39, 0.29) is 28.3 Å². The normalized spacial score (nSPS) is 17.8. The first-order valence-corrected chi connectivity index (χ1v) is 9.24. The van der Waals surface area contributed by atoms with Crippen molar-refractivity contribution in [2.75, 3.05) is 12.0 Å². The van der Waals surface area contributed by atoms with E-state index in [1.807, 2.05) is 0 Å². The van der Waals surface area contributed by atoms with Crippen LogP contribution in [0.1, 0.15) is 17.3 Å². The molecule has 0 radical (unpaired) electrons. The second-order valence-electron chi connectivity index (χ2n) is 6.72. The van der Waals surface area contributed by atoms with Crippen LogP contribution >= 0.6 is 0 Å². The highest BCUT2D eigenvalue weighted by Gasteiger charge is 2.48. The molecule has 1 aliphatic rings. The number of aliphatic hydroxyl groups is 1. The van der Waals surface area contributed by atoms with E-state index in [2.05, 4.69) is 4.98 Å². The largest absolute Gasteiger partial charge is 0.507 e. The Labute approximate surface area is 176 Å². The van der Waals surface area contributed by atoms with Gasteiger partial charge in [0.25, 0.3) is 11.7 Å². The molecule has 8 heteroatoms. The van der Waals surface area contributed by atoms with Crippen molar-refractivity contribution in [3.05, 3.63) is 95.3 Å². The van der Waals surface area contributed by atoms with Gasteiger partial charge in [-0.05, 0) is 36.4 Å². The Morgan fingerprint density at radius 2 is 1.81 bits per heavy atom. The lowest BCUT2D eigenvalue weighted by Crippen LogP contribution is -2.30. The number of halogens is 2. The minimum Gasteiger partial charge on any atom is -0.507 e. The standard InChI is InChI=1S/C23H16F2N2O4/c1-31-18-8-3-2-6-14(18)21(28)19-20(16-7-4-5-11-26-16)27(23(30)22(19)29)17-10-9-13(24)12-15(17)25/h2-12,20,28H,1H3/b21-19+. The average molecular weight is 422 g/mol. The molecule has 0 saturated carbocycles. The lowest BCUT2D eigenvalue weighted by Gasteiger charge is -2.25. The van der Waals surface area contributed by atoms with Crippen molar-refractivity contribution < 1.29 is 28.2 Å². The van der Waals surface area contributed by atoms with Gasteiger partial charge < -0.3 is 9.84 Å². The van der Waals surface area contributed by atoms with E-state index >= 15 is 0 Å². The van der Waals surface area contributed by atoms with Gasteiger partial charge in [-0.1, -0.05) is 18.2 Å². The van der Waals surface area contributed by atoms with Crippen molar-refractivity contribution in [1.29, 1.82) is 0 Å². The van der Waals surface area contributed by atoms with Crippen LogP contribution in [-0.4, -0.2) is 28.9 Å². The monoisotopic (exact) mass is 422 g/mol. The molecule has 31 heavy (non-hydrogen) atoms. The number of anilines is 1. The molecule has 1 unspecified atom stereocenters. The van der Waals surface area contributed by atoms with Gasteiger partial charge in [-0.3, -0.25) is 19.5 Å². The summed E-state index contributed by atoms with van der Waals surface area (Å²) in [6.07, 6.45) is 1.44. The summed E-state index contributed by atoms with van der Waals surface area (Å²) < 4.78 is 33.3. The van der Waals surface area contributed by atoms with Crippen LogP contribution in [0.4, 0.5) is 14.5 Å². The molecule has 0 bridgehead atoms. The molecule has 1 aromatic heterocycles. The van der Waals surface area contributed by atoms with Crippen LogP contribution in [0.5, 0.6) is 5.75 Å². The van der Waals surface area contributed by atoms with E-state index in [9.17, 15) is 23.5 Å². The molecule has 1 atom stereocenters. The van der Waals surface area contributed by atoms with Crippen molar-refractivity contribution in [1.82, 2.24) is 4.98 Å². The van der Waals surface area contributed by atoms with Crippen LogP contribution in [0.2, 0.25) is 0 Å². The number of ether oxygens (including phenoxy) is 1. The van der Waals surface area contributed by atoms with Gasteiger partial charge in [0.05, 0.1) is 29.6 Å². The Morgan fingerprint density at radius 3 is 2.48 bits per heavy atom. The summed E-state index contributed by atoms with van der Waals surface area (Å²) in [5, 5.41) is 11.0. The molecular formula is C23H16F2N2O4. The summed E-state index contributed by atoms with van der Waals surface area (Å²) in [5.74, 6) is -4.17. The molecule has 6 nitrogen and oxygen atoms in total. The summed E-state index contributed by atoms with van der Waals surface area (Å²) in [4.78, 5) is 31.0. The van der Waals surface area contributed by atoms with E-state index in [0.29, 0.717) is 6.07 Å². The number of hydrogen-bond acceptors (Lipinski definition) is 5. The van der Waals surface area contributed by atoms with Gasteiger partial charge in [-0.15, -0.1) is 0 Å². The molecule has 156 valence electrons. The first-order valence-electron chi connectivity index (χ1n) is 9.24. The van der Waals surface area contributed by atoms with Gasteiger partial charge in [0.15, 0.2) is 0 Å². The Kier molecular flexibility index (Phi) is 5.21. The molecule has 0 aliphatic carbocycles. The topological polar surface area (TPSA) is 79.7 Å². The zero-order valence-corrected chi connectivity index (χ0v) is 16.3. The molecule has 1 saturated heterocycles. The fraction of sp³-hybridized carbons (Fsp3) is 0.0870. The van der Waals surface area contributed by atoms with Crippen LogP contribution in [-0.2, 0) is 9.59 Å². The number of ketones is 1. The highest BCUT2D eigenvalue weighted by atomic mass is 19.1. The number of para-hydroxylation sites is 1. The van der Waals surface area contributed by atoms with Crippen molar-refractivity contribution in [2.45, 2.75) is 6.04 Å². The highest BCUT2D eigenvalue weighted by molar-refractivity contribution is 6.51. The zero-order chi connectivity index (χ0) is 22.1. The van der Waals surface area contributed by atoms with Crippen LogP contribution < -0.4 is 9.64 Å². The van der Waals surface area contributed by atoms with Crippen LogP contribution in [0.15, 0.2) is 72.4 Å². The van der Waals surface area contributed by atoms with Gasteiger partial charge in [-0.2, -0.15) is 0 Å². The van der Waals surface area contributed by atoms with Gasteiger partial charge in [-0.25, -0.2) is 8.78 Å². The van der Waals surface area contributed by atoms with E-state index in [1.165, 1.54) is 19.4 Å². The fourth-order valence-corrected chi connectivity index (χ4v) is 3.56. The maximum Gasteiger partial charge on any atom is 0.300 e. The van der Waals surface area contributed by atoms with E-state index < -0.39 is 35.1 Å². The smallest absolute Gasteiger partial charge is 0.300 e. The summed E-state index contributed by atoms with van der Waals surface area (Å²) in [5.41, 5.74) is -0.180. The number of rotatable bonds is 4. The predicted octanol–water partition coefficient (Wildman–Crippen LogP) is 3.99. The molecule has 2 aromatic carbocycles. The lowest BCUT2D eigenvalue weighted by atomic mass is 9.97. The Balaban J connectivity index is 1.99. The van der Waals surface area contributed by atoms with Crippen LogP contribution in [0, 0.1) is 11.6 Å². The summed E-state index contributed by atoms with van der Waals surface area (Å²) in [6, 6.07) is 12.7. The van der Waals surface area contributed by atoms with E-state index in [1.54, 1.807) is 36.4 Å². The highest BCUT2D eigenvalue weighted by Crippen LogP contribution is 2.43. The number of benzene rings is 2. The van der Waals surface area contributed by atoms with Crippen molar-refractivity contribution in [3.63, 3.8) is 0 Å². The number of carbonyl (C=O) groups is 2. The minimum absolute atomic E-state index is 0.184. The third-order valence-corrected chi connectivity index (χ3v) is 4.94. The molecule has 0 spiro atoms. The van der Waals surface area contributed by atoms with Crippen molar-refractivity contribution in [3.8, 4) is 5.75 Å². The molecule has 1 amide bonds. The van der Waals surface area contributed by atoms with E-state index in [4.69, 9.17) is 4.74 Å². The lowest BCUT2D eigenvalue weighted by molar-refractivity contribution is -0.132. The third kappa shape index (κ3) is 3.42. The Bertz CT molecular complexity index is 1210. The average Bonchev–Trinajstić information content (AvgIpc) is 3.04. The molecule has 3 aromatic rings. The number of aliphatic hydroxyl groups excluding tert-OH is 1. The second kappa shape index (κ2) is 7.98. The number of hydrogen-bond donors (Lipinski definition) is 1. The molecule has 1 aliphatic heterocycles. The third-order valence-electron chi connectivity index (χ3n) is 4.94. The SMILES string of the molecule is COc1ccccc1/C(O)=C1\C(=O)C(=O)N(c2ccc(F)cc2F)C1c1ccccn1. The van der Waals surface area contributed by atoms with Gasteiger partial charge in [0.1, 0.15) is 29.2 Å². The van der Waals surface area contributed by atoms with Gasteiger partial charge in [0.2, 0.25) is 0 Å². The van der Waals surface area contributed by atoms with Crippen molar-refractivity contribution >= 4 is 23.1 Å². The molecule has 4 rings (SSSR count). The Morgan fingerprint density at radius 1 is 1.06 bits per heavy atom. The van der Waals surface area contributed by atoms with E-state index in [0.717, 1.165) is 17.0 Å². The first-order chi connectivity index (χ1) is 14.9. The molecule has 1 fully saturated rings. The second-order valence-corrected chi connectivity index (χ2v) is 6.72. The minimum atomic E-state index is -1.23. The Hall–Kier alpha value is -4.07. The molecule has 1 N–H and O–H groups in total.